The lowest BCUT2D eigenvalue weighted by Gasteiger charge is -2.29. The van der Waals surface area contributed by atoms with E-state index in [2.05, 4.69) is 20.9 Å². The number of hydrogen-bond acceptors (Lipinski definition) is 5. The molecule has 1 fully saturated rings. The summed E-state index contributed by atoms with van der Waals surface area (Å²) in [5.74, 6) is -1.42. The Morgan fingerprint density at radius 3 is 2.18 bits per heavy atom. The van der Waals surface area contributed by atoms with Crippen molar-refractivity contribution in [2.45, 2.75) is 16.2 Å². The van der Waals surface area contributed by atoms with E-state index >= 15 is 0 Å². The molecule has 0 bridgehead atoms. The van der Waals surface area contributed by atoms with Crippen molar-refractivity contribution in [3.05, 3.63) is 103 Å². The number of carbonyl (C=O) groups excluding carboxylic acids is 2. The number of halogens is 1. The Labute approximate surface area is 212 Å². The zero-order chi connectivity index (χ0) is 23.4. The molecule has 3 atom stereocenters. The zero-order valence-electron chi connectivity index (χ0n) is 17.6. The third-order valence-electron chi connectivity index (χ3n) is 6.29. The first-order valence-electron chi connectivity index (χ1n) is 10.7. The van der Waals surface area contributed by atoms with Crippen molar-refractivity contribution < 1.29 is 9.59 Å². The Hall–Kier alpha value is -2.94. The number of carbonyl (C=O) groups is 2. The predicted octanol–water partition coefficient (Wildman–Crippen LogP) is 5.66. The molecule has 8 heteroatoms. The van der Waals surface area contributed by atoms with Crippen LogP contribution in [0.3, 0.4) is 0 Å². The molecule has 6 rings (SSSR count). The van der Waals surface area contributed by atoms with Gasteiger partial charge in [0.2, 0.25) is 11.8 Å². The van der Waals surface area contributed by atoms with Crippen molar-refractivity contribution in [1.82, 2.24) is 4.98 Å². The second kappa shape index (κ2) is 8.37. The third kappa shape index (κ3) is 3.48. The van der Waals surface area contributed by atoms with Crippen LogP contribution in [0.5, 0.6) is 0 Å². The van der Waals surface area contributed by atoms with Crippen molar-refractivity contribution >= 4 is 56.5 Å². The third-order valence-corrected chi connectivity index (χ3v) is 9.22. The van der Waals surface area contributed by atoms with Crippen LogP contribution in [0.4, 0.5) is 5.69 Å². The van der Waals surface area contributed by atoms with Gasteiger partial charge in [-0.25, -0.2) is 4.90 Å². The molecule has 5 nitrogen and oxygen atoms in total. The van der Waals surface area contributed by atoms with Gasteiger partial charge in [0.1, 0.15) is 5.25 Å². The standard InChI is InChI=1S/C26H17BrN2O3S2/c27-17-10-12-18(13-11-17)29-24(30)20-19(21-23(28-26(32)34-21)33-22(20)25(29)31)16-8-6-15(7-9-16)14-4-2-1-3-5-14/h1-13,19-20,22H,(H,28,32)/t19-,20?,22?/m1/s1. The van der Waals surface area contributed by atoms with E-state index in [9.17, 15) is 14.4 Å². The number of imide groups is 1. The highest BCUT2D eigenvalue weighted by Crippen LogP contribution is 2.53. The SMILES string of the molecule is O=C1C2Sc3[nH]c(=O)sc3[C@H](c3ccc(-c4ccccc4)cc3)C2C(=O)N1c1ccc(Br)cc1. The van der Waals surface area contributed by atoms with E-state index in [1.165, 1.54) is 16.7 Å². The summed E-state index contributed by atoms with van der Waals surface area (Å²) in [5, 5.41) is 0.0971. The average Bonchev–Trinajstić information content (AvgIpc) is 3.35. The summed E-state index contributed by atoms with van der Waals surface area (Å²) >= 11 is 5.82. The molecule has 1 N–H and O–H groups in total. The Balaban J connectivity index is 1.44. The van der Waals surface area contributed by atoms with Gasteiger partial charge >= 0.3 is 4.87 Å². The molecular formula is C26H17BrN2O3S2. The first-order valence-corrected chi connectivity index (χ1v) is 13.2. The molecule has 168 valence electrons. The van der Waals surface area contributed by atoms with E-state index in [0.29, 0.717) is 10.7 Å². The van der Waals surface area contributed by atoms with E-state index in [1.807, 2.05) is 66.7 Å². The predicted molar refractivity (Wildman–Crippen MR) is 138 cm³/mol. The lowest BCUT2D eigenvalue weighted by molar-refractivity contribution is -0.122. The Bertz CT molecular complexity index is 1460. The van der Waals surface area contributed by atoms with Gasteiger partial charge in [0.05, 0.1) is 16.6 Å². The largest absolute Gasteiger partial charge is 0.307 e. The van der Waals surface area contributed by atoms with Crippen LogP contribution in [-0.2, 0) is 9.59 Å². The molecule has 4 aromatic rings. The number of aromatic amines is 1. The summed E-state index contributed by atoms with van der Waals surface area (Å²) in [6, 6.07) is 25.3. The number of fused-ring (bicyclic) bond motifs is 2. The van der Waals surface area contributed by atoms with E-state index in [-0.39, 0.29) is 22.6 Å². The molecule has 1 saturated heterocycles. The Kier molecular flexibility index (Phi) is 5.32. The summed E-state index contributed by atoms with van der Waals surface area (Å²) < 4.78 is 0.873. The number of nitrogens with zero attached hydrogens (tertiary/aromatic N) is 1. The second-order valence-electron chi connectivity index (χ2n) is 8.23. The maximum Gasteiger partial charge on any atom is 0.305 e. The molecule has 0 spiro atoms. The highest BCUT2D eigenvalue weighted by molar-refractivity contribution is 9.10. The van der Waals surface area contributed by atoms with Crippen LogP contribution >= 0.6 is 39.0 Å². The first kappa shape index (κ1) is 21.6. The number of H-pyrrole nitrogens is 1. The molecule has 2 aliphatic rings. The molecule has 0 aliphatic carbocycles. The first-order chi connectivity index (χ1) is 16.5. The normalized spacial score (nSPS) is 21.4. The van der Waals surface area contributed by atoms with Crippen molar-refractivity contribution in [2.75, 3.05) is 4.90 Å². The van der Waals surface area contributed by atoms with E-state index in [1.54, 1.807) is 12.1 Å². The fourth-order valence-corrected chi connectivity index (χ4v) is 7.51. The molecule has 2 aliphatic heterocycles. The van der Waals surface area contributed by atoms with Crippen molar-refractivity contribution in [3.8, 4) is 11.1 Å². The lowest BCUT2D eigenvalue weighted by atomic mass is 9.82. The number of aromatic nitrogens is 1. The number of rotatable bonds is 3. The number of benzene rings is 3. The van der Waals surface area contributed by atoms with Crippen LogP contribution in [0.15, 0.2) is 93.2 Å². The Morgan fingerprint density at radius 2 is 1.47 bits per heavy atom. The van der Waals surface area contributed by atoms with Gasteiger partial charge in [0.25, 0.3) is 0 Å². The number of thiazole rings is 1. The number of thioether (sulfide) groups is 1. The minimum Gasteiger partial charge on any atom is -0.307 e. The molecule has 3 heterocycles. The van der Waals surface area contributed by atoms with Crippen molar-refractivity contribution in [3.63, 3.8) is 0 Å². The van der Waals surface area contributed by atoms with Gasteiger partial charge < -0.3 is 4.98 Å². The monoisotopic (exact) mass is 548 g/mol. The van der Waals surface area contributed by atoms with Crippen LogP contribution in [0.2, 0.25) is 0 Å². The molecule has 2 unspecified atom stereocenters. The van der Waals surface area contributed by atoms with Gasteiger partial charge in [0, 0.05) is 15.3 Å². The lowest BCUT2D eigenvalue weighted by Crippen LogP contribution is -2.32. The van der Waals surface area contributed by atoms with E-state index < -0.39 is 11.2 Å². The van der Waals surface area contributed by atoms with Gasteiger partial charge in [-0.05, 0) is 41.0 Å². The van der Waals surface area contributed by atoms with Crippen LogP contribution in [0.1, 0.15) is 16.4 Å². The van der Waals surface area contributed by atoms with Gasteiger partial charge in [0.15, 0.2) is 0 Å². The fourth-order valence-electron chi connectivity index (χ4n) is 4.73. The molecule has 2 amide bonds. The molecule has 0 radical (unpaired) electrons. The average molecular weight is 549 g/mol. The van der Waals surface area contributed by atoms with Crippen molar-refractivity contribution in [1.29, 1.82) is 0 Å². The second-order valence-corrected chi connectivity index (χ2v) is 11.3. The Morgan fingerprint density at radius 1 is 0.794 bits per heavy atom. The summed E-state index contributed by atoms with van der Waals surface area (Å²) in [5.41, 5.74) is 3.65. The maximum atomic E-state index is 13.7. The van der Waals surface area contributed by atoms with Gasteiger partial charge in [-0.2, -0.15) is 0 Å². The zero-order valence-corrected chi connectivity index (χ0v) is 20.8. The van der Waals surface area contributed by atoms with Crippen LogP contribution in [-0.4, -0.2) is 22.0 Å². The van der Waals surface area contributed by atoms with Crippen LogP contribution in [0.25, 0.3) is 11.1 Å². The quantitative estimate of drug-likeness (QED) is 0.335. The summed E-state index contributed by atoms with van der Waals surface area (Å²) in [6.45, 7) is 0. The molecule has 0 saturated carbocycles. The maximum absolute atomic E-state index is 13.7. The van der Waals surface area contributed by atoms with Gasteiger partial charge in [-0.3, -0.25) is 14.4 Å². The van der Waals surface area contributed by atoms with Crippen LogP contribution < -0.4 is 9.77 Å². The van der Waals surface area contributed by atoms with Crippen LogP contribution in [0, 0.1) is 5.92 Å². The molecular weight excluding hydrogens is 532 g/mol. The number of hydrogen-bond donors (Lipinski definition) is 1. The topological polar surface area (TPSA) is 70.2 Å². The minimum absolute atomic E-state index is 0.173. The summed E-state index contributed by atoms with van der Waals surface area (Å²) in [6.07, 6.45) is 0. The molecule has 34 heavy (non-hydrogen) atoms. The van der Waals surface area contributed by atoms with E-state index in [0.717, 1.165) is 37.4 Å². The minimum atomic E-state index is -0.590. The summed E-state index contributed by atoms with van der Waals surface area (Å²) in [4.78, 5) is 44.2. The molecule has 1 aromatic heterocycles. The van der Waals surface area contributed by atoms with Gasteiger partial charge in [-0.15, -0.1) is 0 Å². The molecule has 3 aromatic carbocycles. The smallest absolute Gasteiger partial charge is 0.305 e. The number of amides is 2. The number of anilines is 1. The van der Waals surface area contributed by atoms with Crippen molar-refractivity contribution in [2.24, 2.45) is 5.92 Å². The highest BCUT2D eigenvalue weighted by Gasteiger charge is 2.56. The fraction of sp³-hybridized carbons (Fsp3) is 0.115. The van der Waals surface area contributed by atoms with Gasteiger partial charge in [-0.1, -0.05) is 93.6 Å². The summed E-state index contributed by atoms with van der Waals surface area (Å²) in [7, 11) is 0. The highest BCUT2D eigenvalue weighted by atomic mass is 79.9. The van der Waals surface area contributed by atoms with E-state index in [4.69, 9.17) is 0 Å². The number of nitrogens with one attached hydrogen (secondary N) is 1.